The Bertz CT molecular complexity index is 711. The third-order valence-electron chi connectivity index (χ3n) is 2.59. The molecule has 0 aliphatic heterocycles. The number of halogens is 1. The van der Waals surface area contributed by atoms with E-state index in [1.807, 2.05) is 28.7 Å². The number of nitrogens with one attached hydrogen (secondary N) is 1. The zero-order valence-corrected chi connectivity index (χ0v) is 13.2. The molecule has 0 radical (unpaired) electrons. The van der Waals surface area contributed by atoms with Crippen LogP contribution in [0.25, 0.3) is 6.08 Å². The van der Waals surface area contributed by atoms with E-state index >= 15 is 0 Å². The van der Waals surface area contributed by atoms with Crippen molar-refractivity contribution in [3.8, 4) is 11.8 Å². The Kier molecular flexibility index (Phi) is 5.00. The molecule has 0 saturated heterocycles. The van der Waals surface area contributed by atoms with Crippen molar-refractivity contribution in [2.75, 3.05) is 12.4 Å². The van der Waals surface area contributed by atoms with Crippen LogP contribution in [0.15, 0.2) is 46.4 Å². The van der Waals surface area contributed by atoms with Gasteiger partial charge in [0.05, 0.1) is 7.11 Å². The summed E-state index contributed by atoms with van der Waals surface area (Å²) in [4.78, 5) is 12.0. The van der Waals surface area contributed by atoms with E-state index in [4.69, 9.17) is 14.4 Å². The Morgan fingerprint density at radius 2 is 2.05 bits per heavy atom. The first-order valence-corrected chi connectivity index (χ1v) is 7.03. The number of hydrogen-bond donors (Lipinski definition) is 1. The Balaban J connectivity index is 2.13. The molecule has 2 rings (SSSR count). The Labute approximate surface area is 135 Å². The molecule has 0 bridgehead atoms. The second-order valence-electron chi connectivity index (χ2n) is 3.99. The fraction of sp³-hybridized carbons (Fsp3) is 0.0667. The minimum Gasteiger partial charge on any atom is -0.497 e. The lowest BCUT2D eigenvalue weighted by atomic mass is 10.2. The van der Waals surface area contributed by atoms with E-state index in [1.54, 1.807) is 43.5 Å². The molecular weight excluding hydrogens is 383 g/mol. The zero-order chi connectivity index (χ0) is 15.2. The minimum atomic E-state index is -0.492. The molecule has 106 valence electrons. The van der Waals surface area contributed by atoms with Gasteiger partial charge in [0, 0.05) is 11.8 Å². The molecule has 1 N–H and O–H groups in total. The van der Waals surface area contributed by atoms with Crippen LogP contribution < -0.4 is 10.1 Å². The van der Waals surface area contributed by atoms with Crippen molar-refractivity contribution in [3.63, 3.8) is 0 Å². The Morgan fingerprint density at radius 1 is 1.33 bits per heavy atom. The van der Waals surface area contributed by atoms with E-state index in [0.717, 1.165) is 0 Å². The maximum absolute atomic E-state index is 12.0. The standard InChI is InChI=1S/C15H11IN2O3/c1-20-12-4-2-11(3-5-12)18-15(19)10(9-17)8-13-6-7-14(16)21-13/h2-8H,1H3,(H,18,19)/b10-8-. The van der Waals surface area contributed by atoms with Crippen molar-refractivity contribution in [1.82, 2.24) is 0 Å². The molecule has 0 fully saturated rings. The number of nitrogens with zero attached hydrogens (tertiary/aromatic N) is 1. The summed E-state index contributed by atoms with van der Waals surface area (Å²) in [5, 5.41) is 11.7. The number of benzene rings is 1. The van der Waals surface area contributed by atoms with Crippen molar-refractivity contribution in [2.24, 2.45) is 0 Å². The number of hydrogen-bond acceptors (Lipinski definition) is 4. The van der Waals surface area contributed by atoms with Crippen molar-refractivity contribution >= 4 is 40.3 Å². The second kappa shape index (κ2) is 6.95. The van der Waals surface area contributed by atoms with Crippen LogP contribution in [-0.4, -0.2) is 13.0 Å². The van der Waals surface area contributed by atoms with Gasteiger partial charge in [0.2, 0.25) is 0 Å². The minimum absolute atomic E-state index is 0.0310. The molecule has 5 nitrogen and oxygen atoms in total. The predicted molar refractivity (Wildman–Crippen MR) is 86.6 cm³/mol. The van der Waals surface area contributed by atoms with Crippen molar-refractivity contribution < 1.29 is 13.9 Å². The number of carbonyl (C=O) groups excluding carboxylic acids is 1. The van der Waals surface area contributed by atoms with Crippen LogP contribution in [0.3, 0.4) is 0 Å². The summed E-state index contributed by atoms with van der Waals surface area (Å²) in [6.45, 7) is 0. The predicted octanol–water partition coefficient (Wildman–Crippen LogP) is 3.44. The first-order valence-electron chi connectivity index (χ1n) is 5.95. The van der Waals surface area contributed by atoms with Gasteiger partial charge in [0.15, 0.2) is 3.77 Å². The highest BCUT2D eigenvalue weighted by atomic mass is 127. The number of methoxy groups -OCH3 is 1. The molecular formula is C15H11IN2O3. The maximum Gasteiger partial charge on any atom is 0.266 e. The van der Waals surface area contributed by atoms with Gasteiger partial charge in [-0.3, -0.25) is 4.79 Å². The number of anilines is 1. The van der Waals surface area contributed by atoms with Gasteiger partial charge >= 0.3 is 0 Å². The highest BCUT2D eigenvalue weighted by Crippen LogP contribution is 2.17. The van der Waals surface area contributed by atoms with Crippen LogP contribution in [0.2, 0.25) is 0 Å². The molecule has 2 aromatic rings. The van der Waals surface area contributed by atoms with Crippen molar-refractivity contribution in [1.29, 1.82) is 5.26 Å². The van der Waals surface area contributed by atoms with E-state index in [2.05, 4.69) is 5.32 Å². The number of furan rings is 1. The van der Waals surface area contributed by atoms with E-state index in [0.29, 0.717) is 21.0 Å². The number of nitriles is 1. The lowest BCUT2D eigenvalue weighted by Gasteiger charge is -2.05. The summed E-state index contributed by atoms with van der Waals surface area (Å²) in [6.07, 6.45) is 1.40. The molecule has 0 unspecified atom stereocenters. The van der Waals surface area contributed by atoms with Crippen LogP contribution in [0.1, 0.15) is 5.76 Å². The van der Waals surface area contributed by atoms with E-state index in [-0.39, 0.29) is 5.57 Å². The quantitative estimate of drug-likeness (QED) is 0.490. The van der Waals surface area contributed by atoms with Crippen LogP contribution in [0.4, 0.5) is 5.69 Å². The molecule has 1 aromatic heterocycles. The summed E-state index contributed by atoms with van der Waals surface area (Å²) in [5.41, 5.74) is 0.549. The normalized spacial score (nSPS) is 10.8. The summed E-state index contributed by atoms with van der Waals surface area (Å²) in [5.74, 6) is 0.657. The van der Waals surface area contributed by atoms with Gasteiger partial charge < -0.3 is 14.5 Å². The molecule has 1 heterocycles. The van der Waals surface area contributed by atoms with Gasteiger partial charge in [-0.15, -0.1) is 0 Å². The van der Waals surface area contributed by atoms with E-state index < -0.39 is 5.91 Å². The Morgan fingerprint density at radius 3 is 2.57 bits per heavy atom. The SMILES string of the molecule is COc1ccc(NC(=O)/C(C#N)=C\c2ccc(I)o2)cc1. The van der Waals surface area contributed by atoms with Crippen LogP contribution in [0.5, 0.6) is 5.75 Å². The van der Waals surface area contributed by atoms with Gasteiger partial charge in [0.1, 0.15) is 23.2 Å². The number of rotatable bonds is 4. The van der Waals surface area contributed by atoms with E-state index in [1.165, 1.54) is 6.08 Å². The fourth-order valence-corrected chi connectivity index (χ4v) is 2.00. The molecule has 6 heteroatoms. The first-order chi connectivity index (χ1) is 10.1. The molecule has 0 aliphatic carbocycles. The monoisotopic (exact) mass is 394 g/mol. The topological polar surface area (TPSA) is 75.3 Å². The number of ether oxygens (including phenoxy) is 1. The third-order valence-corrected chi connectivity index (χ3v) is 3.17. The van der Waals surface area contributed by atoms with E-state index in [9.17, 15) is 4.79 Å². The van der Waals surface area contributed by atoms with Crippen LogP contribution in [0, 0.1) is 15.1 Å². The maximum atomic E-state index is 12.0. The Hall–Kier alpha value is -2.27. The average Bonchev–Trinajstić information content (AvgIpc) is 2.90. The van der Waals surface area contributed by atoms with Gasteiger partial charge in [-0.2, -0.15) is 5.26 Å². The largest absolute Gasteiger partial charge is 0.497 e. The summed E-state index contributed by atoms with van der Waals surface area (Å²) in [7, 11) is 1.56. The van der Waals surface area contributed by atoms with Gasteiger partial charge in [-0.05, 0) is 59.0 Å². The molecule has 0 aliphatic rings. The third kappa shape index (κ3) is 4.10. The summed E-state index contributed by atoms with van der Waals surface area (Å²) in [6, 6.07) is 12.1. The first kappa shape index (κ1) is 15.1. The highest BCUT2D eigenvalue weighted by Gasteiger charge is 2.10. The molecule has 0 saturated carbocycles. The summed E-state index contributed by atoms with van der Waals surface area (Å²) < 4.78 is 11.0. The van der Waals surface area contributed by atoms with Gasteiger partial charge in [-0.1, -0.05) is 0 Å². The fourth-order valence-electron chi connectivity index (χ4n) is 1.57. The average molecular weight is 394 g/mol. The summed E-state index contributed by atoms with van der Waals surface area (Å²) >= 11 is 2.01. The molecule has 0 spiro atoms. The lowest BCUT2D eigenvalue weighted by Crippen LogP contribution is -2.13. The molecule has 0 atom stereocenters. The van der Waals surface area contributed by atoms with Gasteiger partial charge in [0.25, 0.3) is 5.91 Å². The lowest BCUT2D eigenvalue weighted by molar-refractivity contribution is -0.112. The smallest absolute Gasteiger partial charge is 0.266 e. The van der Waals surface area contributed by atoms with Gasteiger partial charge in [-0.25, -0.2) is 0 Å². The molecule has 21 heavy (non-hydrogen) atoms. The molecule has 1 aromatic carbocycles. The number of amides is 1. The number of carbonyl (C=O) groups is 1. The zero-order valence-electron chi connectivity index (χ0n) is 11.1. The van der Waals surface area contributed by atoms with Crippen molar-refractivity contribution in [3.05, 3.63) is 51.5 Å². The van der Waals surface area contributed by atoms with Crippen molar-refractivity contribution in [2.45, 2.75) is 0 Å². The second-order valence-corrected chi connectivity index (χ2v) is 5.06. The highest BCUT2D eigenvalue weighted by molar-refractivity contribution is 14.1. The van der Waals surface area contributed by atoms with Crippen LogP contribution >= 0.6 is 22.6 Å². The molecule has 1 amide bonds. The van der Waals surface area contributed by atoms with Crippen LogP contribution in [-0.2, 0) is 4.79 Å².